The van der Waals surface area contributed by atoms with Gasteiger partial charge in [0.2, 0.25) is 11.8 Å². The summed E-state index contributed by atoms with van der Waals surface area (Å²) < 4.78 is 39.8. The molecule has 0 spiro atoms. The fourth-order valence-electron chi connectivity index (χ4n) is 4.39. The van der Waals surface area contributed by atoms with Gasteiger partial charge in [-0.3, -0.25) is 13.9 Å². The number of carbonyl (C=O) groups excluding carboxylic acids is 2. The Morgan fingerprint density at radius 1 is 0.905 bits per heavy atom. The van der Waals surface area contributed by atoms with Crippen molar-refractivity contribution in [1.29, 1.82) is 0 Å². The van der Waals surface area contributed by atoms with Crippen LogP contribution >= 0.6 is 23.2 Å². The number of sulfonamides is 1. The molecule has 3 rings (SSSR count). The van der Waals surface area contributed by atoms with Crippen LogP contribution in [0.5, 0.6) is 11.5 Å². The molecule has 0 saturated heterocycles. The zero-order chi connectivity index (χ0) is 31.0. The average molecular weight is 637 g/mol. The first-order valence-electron chi connectivity index (χ1n) is 13.3. The Kier molecular flexibility index (Phi) is 11.5. The maximum atomic E-state index is 14.1. The number of nitrogens with one attached hydrogen (secondary N) is 1. The Hall–Kier alpha value is -3.47. The second-order valence-electron chi connectivity index (χ2n) is 9.45. The van der Waals surface area contributed by atoms with E-state index in [0.717, 1.165) is 9.87 Å². The van der Waals surface area contributed by atoms with Crippen LogP contribution in [0.1, 0.15) is 31.4 Å². The van der Waals surface area contributed by atoms with E-state index in [-0.39, 0.29) is 28.8 Å². The number of methoxy groups -OCH3 is 2. The van der Waals surface area contributed by atoms with E-state index in [9.17, 15) is 18.0 Å². The summed E-state index contributed by atoms with van der Waals surface area (Å²) in [5, 5.41) is 3.41. The molecule has 3 aromatic rings. The van der Waals surface area contributed by atoms with Crippen LogP contribution in [0, 0.1) is 6.92 Å². The minimum Gasteiger partial charge on any atom is -0.493 e. The lowest BCUT2D eigenvalue weighted by Crippen LogP contribution is -2.52. The van der Waals surface area contributed by atoms with E-state index in [1.165, 1.54) is 43.4 Å². The third-order valence-corrected chi connectivity index (χ3v) is 9.14. The highest BCUT2D eigenvalue weighted by Crippen LogP contribution is 2.34. The molecule has 0 fully saturated rings. The van der Waals surface area contributed by atoms with E-state index >= 15 is 0 Å². The van der Waals surface area contributed by atoms with Crippen molar-refractivity contribution in [2.75, 3.05) is 31.6 Å². The van der Waals surface area contributed by atoms with Crippen LogP contribution in [-0.4, -0.2) is 58.5 Å². The number of hydrogen-bond acceptors (Lipinski definition) is 6. The summed E-state index contributed by atoms with van der Waals surface area (Å²) in [5.41, 5.74) is 1.69. The van der Waals surface area contributed by atoms with Gasteiger partial charge in [0, 0.05) is 19.2 Å². The standard InChI is InChI=1S/C30H35Cl2N3O6S/c1-6-26(30(37)33-7-2)34(18-21-10-14-24(31)25(32)16-21)29(36)19-35(22-11-15-27(40-4)28(17-22)41-5)42(38,39)23-12-8-20(3)9-13-23/h8-17,26H,6-7,18-19H2,1-5H3,(H,33,37). The minimum atomic E-state index is -4.24. The molecule has 0 aliphatic rings. The van der Waals surface area contributed by atoms with Crippen molar-refractivity contribution in [3.63, 3.8) is 0 Å². The number of likely N-dealkylation sites (N-methyl/N-ethyl adjacent to an activating group) is 1. The van der Waals surface area contributed by atoms with Gasteiger partial charge in [0.15, 0.2) is 11.5 Å². The Balaban J connectivity index is 2.13. The molecule has 226 valence electrons. The van der Waals surface area contributed by atoms with Crippen molar-refractivity contribution in [2.24, 2.45) is 0 Å². The molecule has 9 nitrogen and oxygen atoms in total. The monoisotopic (exact) mass is 635 g/mol. The quantitative estimate of drug-likeness (QED) is 0.267. The number of ether oxygens (including phenoxy) is 2. The fourth-order valence-corrected chi connectivity index (χ4v) is 6.12. The van der Waals surface area contributed by atoms with E-state index in [1.807, 2.05) is 6.92 Å². The normalized spacial score (nSPS) is 11.9. The van der Waals surface area contributed by atoms with Crippen LogP contribution in [0.25, 0.3) is 0 Å². The highest BCUT2D eigenvalue weighted by molar-refractivity contribution is 7.92. The van der Waals surface area contributed by atoms with Crippen LogP contribution in [0.2, 0.25) is 10.0 Å². The Labute approximate surface area is 257 Å². The van der Waals surface area contributed by atoms with Crippen LogP contribution in [0.15, 0.2) is 65.6 Å². The average Bonchev–Trinajstić information content (AvgIpc) is 2.97. The number of rotatable bonds is 13. The molecule has 2 amide bonds. The molecule has 1 atom stereocenters. The molecule has 0 bridgehead atoms. The zero-order valence-electron chi connectivity index (χ0n) is 24.2. The van der Waals surface area contributed by atoms with Gasteiger partial charge in [0.1, 0.15) is 12.6 Å². The lowest BCUT2D eigenvalue weighted by atomic mass is 10.1. The first-order valence-corrected chi connectivity index (χ1v) is 15.5. The number of nitrogens with zero attached hydrogens (tertiary/aromatic N) is 2. The number of hydrogen-bond donors (Lipinski definition) is 1. The summed E-state index contributed by atoms with van der Waals surface area (Å²) in [5.74, 6) is -0.270. The summed E-state index contributed by atoms with van der Waals surface area (Å²) >= 11 is 12.3. The van der Waals surface area contributed by atoms with Gasteiger partial charge >= 0.3 is 0 Å². The molecule has 12 heteroatoms. The lowest BCUT2D eigenvalue weighted by Gasteiger charge is -2.33. The first kappa shape index (κ1) is 33.0. The van der Waals surface area contributed by atoms with E-state index in [4.69, 9.17) is 32.7 Å². The lowest BCUT2D eigenvalue weighted by molar-refractivity contribution is -0.140. The molecule has 1 N–H and O–H groups in total. The fraction of sp³-hybridized carbons (Fsp3) is 0.333. The van der Waals surface area contributed by atoms with E-state index in [0.29, 0.717) is 34.3 Å². The second kappa shape index (κ2) is 14.6. The maximum absolute atomic E-state index is 14.1. The Morgan fingerprint density at radius 2 is 1.57 bits per heavy atom. The van der Waals surface area contributed by atoms with Crippen LogP contribution in [0.3, 0.4) is 0 Å². The van der Waals surface area contributed by atoms with Crippen molar-refractivity contribution >= 4 is 50.7 Å². The molecular weight excluding hydrogens is 601 g/mol. The Bertz CT molecular complexity index is 1520. The van der Waals surface area contributed by atoms with Gasteiger partial charge in [-0.15, -0.1) is 0 Å². The van der Waals surface area contributed by atoms with Gasteiger partial charge < -0.3 is 19.7 Å². The van der Waals surface area contributed by atoms with E-state index < -0.39 is 28.5 Å². The summed E-state index contributed by atoms with van der Waals surface area (Å²) in [6.07, 6.45) is 0.292. The zero-order valence-corrected chi connectivity index (χ0v) is 26.5. The molecule has 3 aromatic carbocycles. The maximum Gasteiger partial charge on any atom is 0.264 e. The van der Waals surface area contributed by atoms with Gasteiger partial charge in [0.25, 0.3) is 10.0 Å². The number of amides is 2. The van der Waals surface area contributed by atoms with Gasteiger partial charge in [-0.05, 0) is 62.2 Å². The predicted octanol–water partition coefficient (Wildman–Crippen LogP) is 5.46. The van der Waals surface area contributed by atoms with Crippen molar-refractivity contribution in [3.8, 4) is 11.5 Å². The second-order valence-corrected chi connectivity index (χ2v) is 12.1. The van der Waals surface area contributed by atoms with Crippen molar-refractivity contribution in [2.45, 2.75) is 44.7 Å². The van der Waals surface area contributed by atoms with E-state index in [2.05, 4.69) is 5.32 Å². The predicted molar refractivity (Wildman–Crippen MR) is 165 cm³/mol. The van der Waals surface area contributed by atoms with E-state index in [1.54, 1.807) is 50.2 Å². The summed E-state index contributed by atoms with van der Waals surface area (Å²) in [4.78, 5) is 28.6. The molecule has 0 aliphatic carbocycles. The molecule has 0 heterocycles. The number of halogens is 2. The highest BCUT2D eigenvalue weighted by Gasteiger charge is 2.34. The molecule has 0 radical (unpaired) electrons. The number of carbonyl (C=O) groups is 2. The first-order chi connectivity index (χ1) is 20.0. The van der Waals surface area contributed by atoms with Crippen LogP contribution < -0.4 is 19.1 Å². The molecular formula is C30H35Cl2N3O6S. The molecule has 0 aromatic heterocycles. The number of aryl methyl sites for hydroxylation is 1. The Morgan fingerprint density at radius 3 is 2.14 bits per heavy atom. The van der Waals surface area contributed by atoms with Crippen LogP contribution in [0.4, 0.5) is 5.69 Å². The van der Waals surface area contributed by atoms with Crippen LogP contribution in [-0.2, 0) is 26.2 Å². The highest BCUT2D eigenvalue weighted by atomic mass is 35.5. The molecule has 0 aliphatic heterocycles. The SMILES string of the molecule is CCNC(=O)C(CC)N(Cc1ccc(Cl)c(Cl)c1)C(=O)CN(c1ccc(OC)c(OC)c1)S(=O)(=O)c1ccc(C)cc1. The number of benzene rings is 3. The van der Waals surface area contributed by atoms with Gasteiger partial charge in [-0.1, -0.05) is 53.9 Å². The smallest absolute Gasteiger partial charge is 0.264 e. The van der Waals surface area contributed by atoms with Gasteiger partial charge in [-0.25, -0.2) is 8.42 Å². The topological polar surface area (TPSA) is 105 Å². The van der Waals surface area contributed by atoms with Crippen molar-refractivity contribution < 1.29 is 27.5 Å². The largest absolute Gasteiger partial charge is 0.493 e. The number of anilines is 1. The summed E-state index contributed by atoms with van der Waals surface area (Å²) in [6.45, 7) is 5.17. The summed E-state index contributed by atoms with van der Waals surface area (Å²) in [7, 11) is -1.34. The minimum absolute atomic E-state index is 0.00230. The van der Waals surface area contributed by atoms with Gasteiger partial charge in [-0.2, -0.15) is 0 Å². The third-order valence-electron chi connectivity index (χ3n) is 6.62. The van der Waals surface area contributed by atoms with Crippen molar-refractivity contribution in [3.05, 3.63) is 81.8 Å². The summed E-state index contributed by atoms with van der Waals surface area (Å²) in [6, 6.07) is 15.0. The molecule has 1 unspecified atom stereocenters. The van der Waals surface area contributed by atoms with Gasteiger partial charge in [0.05, 0.1) is 34.8 Å². The molecule has 42 heavy (non-hydrogen) atoms. The molecule has 0 saturated carbocycles. The third kappa shape index (κ3) is 7.67. The van der Waals surface area contributed by atoms with Crippen molar-refractivity contribution in [1.82, 2.24) is 10.2 Å².